The summed E-state index contributed by atoms with van der Waals surface area (Å²) in [5.41, 5.74) is 0. The smallest absolute Gasteiger partial charge is 0.200 e. The third-order valence-electron chi connectivity index (χ3n) is 4.64. The second-order valence-corrected chi connectivity index (χ2v) is 10.2. The van der Waals surface area contributed by atoms with Gasteiger partial charge in [-0.2, -0.15) is 57.1 Å². The van der Waals surface area contributed by atoms with Crippen molar-refractivity contribution in [3.8, 4) is 0 Å². The molecule has 0 heterocycles. The van der Waals surface area contributed by atoms with Gasteiger partial charge in [0.1, 0.15) is 0 Å². The Labute approximate surface area is 184 Å². The molecule has 0 bridgehead atoms. The van der Waals surface area contributed by atoms with Gasteiger partial charge in [0.15, 0.2) is 0 Å². The maximum absolute atomic E-state index is 14.0. The molecule has 31 heavy (non-hydrogen) atoms. The Morgan fingerprint density at radius 2 is 0.935 bits per heavy atom. The maximum Gasteiger partial charge on any atom is 0.460 e. The highest BCUT2D eigenvalue weighted by atomic mass is 127. The van der Waals surface area contributed by atoms with E-state index >= 15 is 0 Å². The fourth-order valence-corrected chi connectivity index (χ4v) is 3.60. The van der Waals surface area contributed by atoms with Crippen LogP contribution in [0.4, 0.5) is 57.1 Å². The van der Waals surface area contributed by atoms with E-state index in [0.717, 1.165) is 26.2 Å². The molecule has 0 N–H and O–H groups in total. The number of halogens is 14. The van der Waals surface area contributed by atoms with Gasteiger partial charge in [0.25, 0.3) is 0 Å². The minimum absolute atomic E-state index is 0.198. The van der Waals surface area contributed by atoms with Crippen LogP contribution in [-0.2, 0) is 0 Å². The third kappa shape index (κ3) is 6.45. The molecule has 0 aromatic rings. The lowest BCUT2D eigenvalue weighted by Gasteiger charge is -2.41. The van der Waals surface area contributed by atoms with E-state index in [2.05, 4.69) is 0 Å². The van der Waals surface area contributed by atoms with Crippen LogP contribution in [-0.4, -0.2) is 39.2 Å². The summed E-state index contributed by atoms with van der Waals surface area (Å²) in [6.07, 6.45) is -5.83. The summed E-state index contributed by atoms with van der Waals surface area (Å²) < 4.78 is 169. The van der Waals surface area contributed by atoms with Gasteiger partial charge in [-0.1, -0.05) is 75.0 Å². The van der Waals surface area contributed by atoms with E-state index in [-0.39, 0.29) is 12.8 Å². The topological polar surface area (TPSA) is 0 Å². The van der Waals surface area contributed by atoms with Gasteiger partial charge in [0.2, 0.25) is 0 Å². The normalized spacial score (nSPS) is 17.0. The third-order valence-corrected chi connectivity index (χ3v) is 5.56. The lowest BCUT2D eigenvalue weighted by atomic mass is 9.88. The van der Waals surface area contributed by atoms with Gasteiger partial charge in [-0.3, -0.25) is 0 Å². The van der Waals surface area contributed by atoms with Crippen LogP contribution in [0, 0.1) is 0 Å². The molecule has 188 valence electrons. The second kappa shape index (κ2) is 9.98. The van der Waals surface area contributed by atoms with Gasteiger partial charge in [0.05, 0.1) is 0 Å². The Bertz CT molecular complexity index is 567. The van der Waals surface area contributed by atoms with Crippen LogP contribution in [0.25, 0.3) is 0 Å². The fourth-order valence-electron chi connectivity index (χ4n) is 2.74. The summed E-state index contributed by atoms with van der Waals surface area (Å²) >= 11 is 1.21. The van der Waals surface area contributed by atoms with Gasteiger partial charge in [-0.05, 0) is 6.42 Å². The molecule has 0 aliphatic heterocycles. The zero-order valence-electron chi connectivity index (χ0n) is 16.4. The molecule has 0 radical (unpaired) electrons. The lowest BCUT2D eigenvalue weighted by molar-refractivity contribution is -0.440. The van der Waals surface area contributed by atoms with Gasteiger partial charge in [-0.15, -0.1) is 0 Å². The summed E-state index contributed by atoms with van der Waals surface area (Å²) in [4.78, 5) is 0. The molecular weight excluding hydrogens is 578 g/mol. The van der Waals surface area contributed by atoms with Crippen molar-refractivity contribution in [3.05, 3.63) is 0 Å². The number of hydrogen-bond donors (Lipinski definition) is 0. The molecule has 0 amide bonds. The second-order valence-electron chi connectivity index (χ2n) is 7.61. The van der Waals surface area contributed by atoms with E-state index in [1.165, 1.54) is 22.6 Å². The predicted octanol–water partition coefficient (Wildman–Crippen LogP) is 9.06. The highest BCUT2D eigenvalue weighted by molar-refractivity contribution is 14.1. The molecule has 0 rings (SSSR count). The van der Waals surface area contributed by atoms with Crippen molar-refractivity contribution in [2.75, 3.05) is 0 Å². The minimum Gasteiger partial charge on any atom is -0.200 e. The van der Waals surface area contributed by atoms with Crippen LogP contribution in [0.1, 0.15) is 65.2 Å². The number of unbranched alkanes of at least 4 members (excludes halogenated alkanes) is 5. The van der Waals surface area contributed by atoms with Gasteiger partial charge in [-0.25, -0.2) is 0 Å². The summed E-state index contributed by atoms with van der Waals surface area (Å²) in [6, 6.07) is 0. The fraction of sp³-hybridized carbons (Fsp3) is 1.00. The Morgan fingerprint density at radius 3 is 1.35 bits per heavy atom. The first-order valence-electron chi connectivity index (χ1n) is 9.16. The highest BCUT2D eigenvalue weighted by Crippen LogP contribution is 2.61. The zero-order chi connectivity index (χ0) is 25.2. The standard InChI is InChI=1S/C17H22F13I/c1-3-4-5-6-7-8-9-11(2,31)10-12(18,19)13(20,21)14(22,23)15(24,25)16(26,27)17(28,29)30/h3-10H2,1-2H3. The minimum atomic E-state index is -7.84. The SMILES string of the molecule is CCCCCCCCC(C)(I)CC(F)(F)C(F)(F)C(F)(F)C(F)(F)C(F)(F)C(F)(F)F. The first-order chi connectivity index (χ1) is 13.5. The average Bonchev–Trinajstić information content (AvgIpc) is 2.55. The van der Waals surface area contributed by atoms with Gasteiger partial charge >= 0.3 is 35.8 Å². The van der Waals surface area contributed by atoms with Crippen molar-refractivity contribution in [2.45, 2.75) is 104 Å². The predicted molar refractivity (Wildman–Crippen MR) is 95.8 cm³/mol. The zero-order valence-corrected chi connectivity index (χ0v) is 18.6. The Morgan fingerprint density at radius 1 is 0.548 bits per heavy atom. The quantitative estimate of drug-likeness (QED) is 0.0857. The van der Waals surface area contributed by atoms with Crippen molar-refractivity contribution in [1.29, 1.82) is 0 Å². The molecule has 0 spiro atoms. The van der Waals surface area contributed by atoms with Crippen LogP contribution in [0.2, 0.25) is 0 Å². The molecule has 1 atom stereocenters. The number of hydrogen-bond acceptors (Lipinski definition) is 0. The van der Waals surface area contributed by atoms with E-state index in [9.17, 15) is 57.1 Å². The van der Waals surface area contributed by atoms with E-state index in [1.807, 2.05) is 6.92 Å². The molecule has 0 aromatic carbocycles. The Balaban J connectivity index is 5.61. The molecular formula is C17H22F13I. The molecule has 0 aromatic heterocycles. The summed E-state index contributed by atoms with van der Waals surface area (Å²) in [7, 11) is 0. The van der Waals surface area contributed by atoms with E-state index < -0.39 is 45.6 Å². The van der Waals surface area contributed by atoms with Gasteiger partial charge < -0.3 is 0 Å². The molecule has 0 fully saturated rings. The molecule has 0 aliphatic carbocycles. The average molecular weight is 600 g/mol. The van der Waals surface area contributed by atoms with Crippen molar-refractivity contribution in [1.82, 2.24) is 0 Å². The van der Waals surface area contributed by atoms with Crippen LogP contribution >= 0.6 is 22.6 Å². The number of rotatable bonds is 13. The largest absolute Gasteiger partial charge is 0.460 e. The molecule has 0 aliphatic rings. The monoisotopic (exact) mass is 600 g/mol. The molecule has 14 heteroatoms. The van der Waals surface area contributed by atoms with Crippen molar-refractivity contribution >= 4 is 22.6 Å². The number of alkyl halides is 14. The van der Waals surface area contributed by atoms with Crippen LogP contribution in [0.5, 0.6) is 0 Å². The van der Waals surface area contributed by atoms with Crippen LogP contribution in [0.15, 0.2) is 0 Å². The summed E-state index contributed by atoms with van der Waals surface area (Å²) in [6.45, 7) is 2.86. The maximum atomic E-state index is 14.0. The first-order valence-corrected chi connectivity index (χ1v) is 10.2. The molecule has 1 unspecified atom stereocenters. The highest BCUT2D eigenvalue weighted by Gasteiger charge is 2.90. The van der Waals surface area contributed by atoms with E-state index in [0.29, 0.717) is 12.8 Å². The van der Waals surface area contributed by atoms with E-state index in [1.54, 1.807) is 0 Å². The molecule has 0 saturated heterocycles. The van der Waals surface area contributed by atoms with Crippen molar-refractivity contribution < 1.29 is 57.1 Å². The van der Waals surface area contributed by atoms with Crippen molar-refractivity contribution in [2.24, 2.45) is 0 Å². The first kappa shape index (κ1) is 30.8. The lowest BCUT2D eigenvalue weighted by Crippen LogP contribution is -2.70. The van der Waals surface area contributed by atoms with Crippen molar-refractivity contribution in [3.63, 3.8) is 0 Å². The molecule has 0 nitrogen and oxygen atoms in total. The van der Waals surface area contributed by atoms with E-state index in [4.69, 9.17) is 0 Å². The summed E-state index contributed by atoms with van der Waals surface area (Å²) in [5.74, 6) is -36.5. The Hall–Kier alpha value is -0.180. The summed E-state index contributed by atoms with van der Waals surface area (Å²) in [5, 5.41) is 0. The Kier molecular flexibility index (Phi) is 9.92. The van der Waals surface area contributed by atoms with Crippen LogP contribution in [0.3, 0.4) is 0 Å². The van der Waals surface area contributed by atoms with Crippen LogP contribution < -0.4 is 0 Å². The molecule has 0 saturated carbocycles. The van der Waals surface area contributed by atoms with Gasteiger partial charge in [0, 0.05) is 9.84 Å².